The Balaban J connectivity index is 2.91. The average molecular weight is 221 g/mol. The molecular formula is C12H12FNO2. The maximum absolute atomic E-state index is 13.3. The molecule has 4 heteroatoms. The smallest absolute Gasteiger partial charge is 0.307 e. The minimum atomic E-state index is -0.951. The number of rotatable bonds is 3. The van der Waals surface area contributed by atoms with Gasteiger partial charge >= 0.3 is 5.97 Å². The monoisotopic (exact) mass is 221 g/mol. The molecule has 0 aromatic heterocycles. The molecule has 0 saturated carbocycles. The number of hydrogen-bond donors (Lipinski definition) is 2. The predicted octanol–water partition coefficient (Wildman–Crippen LogP) is 1.15. The highest BCUT2D eigenvalue weighted by atomic mass is 19.1. The van der Waals surface area contributed by atoms with Gasteiger partial charge in [0.05, 0.1) is 12.0 Å². The normalized spacial score (nSPS) is 9.38. The number of halogens is 1. The summed E-state index contributed by atoms with van der Waals surface area (Å²) in [6.45, 7) is 0.420. The molecule has 0 fully saturated rings. The first kappa shape index (κ1) is 12.2. The lowest BCUT2D eigenvalue weighted by Gasteiger charge is -1.99. The van der Waals surface area contributed by atoms with Crippen LogP contribution >= 0.6 is 0 Å². The topological polar surface area (TPSA) is 63.3 Å². The van der Waals surface area contributed by atoms with Crippen molar-refractivity contribution < 1.29 is 14.3 Å². The van der Waals surface area contributed by atoms with Crippen LogP contribution in [0.4, 0.5) is 4.39 Å². The van der Waals surface area contributed by atoms with Gasteiger partial charge in [-0.25, -0.2) is 4.39 Å². The highest BCUT2D eigenvalue weighted by Gasteiger charge is 2.04. The molecule has 0 saturated heterocycles. The van der Waals surface area contributed by atoms with Crippen LogP contribution < -0.4 is 5.73 Å². The van der Waals surface area contributed by atoms with Gasteiger partial charge in [-0.15, -0.1) is 0 Å². The van der Waals surface area contributed by atoms with E-state index in [4.69, 9.17) is 10.8 Å². The van der Waals surface area contributed by atoms with Crippen molar-refractivity contribution in [2.24, 2.45) is 5.73 Å². The fourth-order valence-electron chi connectivity index (χ4n) is 1.18. The summed E-state index contributed by atoms with van der Waals surface area (Å²) in [6, 6.07) is 4.12. The predicted molar refractivity (Wildman–Crippen MR) is 58.3 cm³/mol. The molecule has 1 aromatic carbocycles. The average Bonchev–Trinajstić information content (AvgIpc) is 2.22. The van der Waals surface area contributed by atoms with Crippen LogP contribution in [0.2, 0.25) is 0 Å². The Morgan fingerprint density at radius 3 is 2.88 bits per heavy atom. The third kappa shape index (κ3) is 3.71. The SMILES string of the molecule is NCCC#Cc1cc(CC(=O)O)ccc1F. The summed E-state index contributed by atoms with van der Waals surface area (Å²) in [5, 5.41) is 8.59. The molecule has 3 N–H and O–H groups in total. The summed E-state index contributed by atoms with van der Waals surface area (Å²) in [6.07, 6.45) is 0.356. The molecule has 0 heterocycles. The molecule has 0 aliphatic carbocycles. The van der Waals surface area contributed by atoms with Crippen molar-refractivity contribution in [3.8, 4) is 11.8 Å². The molecule has 0 atom stereocenters. The van der Waals surface area contributed by atoms with Crippen LogP contribution in [0.5, 0.6) is 0 Å². The third-order valence-electron chi connectivity index (χ3n) is 1.88. The van der Waals surface area contributed by atoms with Crippen LogP contribution in [-0.4, -0.2) is 17.6 Å². The van der Waals surface area contributed by atoms with E-state index < -0.39 is 11.8 Å². The Morgan fingerprint density at radius 1 is 1.50 bits per heavy atom. The van der Waals surface area contributed by atoms with Gasteiger partial charge in [-0.2, -0.15) is 0 Å². The van der Waals surface area contributed by atoms with Crippen molar-refractivity contribution in [3.63, 3.8) is 0 Å². The van der Waals surface area contributed by atoms with E-state index in [1.807, 2.05) is 0 Å². The molecule has 1 aromatic rings. The summed E-state index contributed by atoms with van der Waals surface area (Å²) in [7, 11) is 0. The molecule has 0 spiro atoms. The Kier molecular flexibility index (Phi) is 4.49. The first-order chi connectivity index (χ1) is 7.63. The second-order valence-corrected chi connectivity index (χ2v) is 3.23. The second kappa shape index (κ2) is 5.89. The molecule has 0 aliphatic heterocycles. The number of nitrogens with two attached hydrogens (primary N) is 1. The van der Waals surface area contributed by atoms with Gasteiger partial charge in [0.15, 0.2) is 0 Å². The van der Waals surface area contributed by atoms with Gasteiger partial charge in [-0.1, -0.05) is 17.9 Å². The summed E-state index contributed by atoms with van der Waals surface area (Å²) < 4.78 is 13.3. The standard InChI is InChI=1S/C12H12FNO2/c13-11-5-4-9(8-12(15)16)7-10(11)3-1-2-6-14/h4-5,7H,2,6,8,14H2,(H,15,16). The molecule has 16 heavy (non-hydrogen) atoms. The molecule has 1 rings (SSSR count). The van der Waals surface area contributed by atoms with Gasteiger partial charge in [0.25, 0.3) is 0 Å². The summed E-state index contributed by atoms with van der Waals surface area (Å²) in [5.74, 6) is 3.94. The summed E-state index contributed by atoms with van der Waals surface area (Å²) in [5.41, 5.74) is 6.00. The summed E-state index contributed by atoms with van der Waals surface area (Å²) in [4.78, 5) is 10.5. The quantitative estimate of drug-likeness (QED) is 0.753. The number of hydrogen-bond acceptors (Lipinski definition) is 2. The van der Waals surface area contributed by atoms with Gasteiger partial charge in [-0.05, 0) is 17.7 Å². The number of carbonyl (C=O) groups is 1. The van der Waals surface area contributed by atoms with E-state index in [2.05, 4.69) is 11.8 Å². The van der Waals surface area contributed by atoms with E-state index >= 15 is 0 Å². The molecule has 0 amide bonds. The Morgan fingerprint density at radius 2 is 2.25 bits per heavy atom. The first-order valence-electron chi connectivity index (χ1n) is 4.82. The number of carboxylic acid groups (broad SMARTS) is 1. The minimum Gasteiger partial charge on any atom is -0.481 e. The van der Waals surface area contributed by atoms with E-state index in [0.29, 0.717) is 18.5 Å². The zero-order chi connectivity index (χ0) is 12.0. The van der Waals surface area contributed by atoms with Crippen LogP contribution in [0.25, 0.3) is 0 Å². The molecule has 84 valence electrons. The molecule has 0 bridgehead atoms. The van der Waals surface area contributed by atoms with Crippen LogP contribution in [0.3, 0.4) is 0 Å². The molecule has 0 unspecified atom stereocenters. The summed E-state index contributed by atoms with van der Waals surface area (Å²) >= 11 is 0. The maximum Gasteiger partial charge on any atom is 0.307 e. The minimum absolute atomic E-state index is 0.133. The van der Waals surface area contributed by atoms with Gasteiger partial charge in [0, 0.05) is 13.0 Å². The second-order valence-electron chi connectivity index (χ2n) is 3.23. The Bertz CT molecular complexity index is 446. The van der Waals surface area contributed by atoms with Crippen molar-refractivity contribution in [2.75, 3.05) is 6.54 Å². The van der Waals surface area contributed by atoms with Crippen LogP contribution in [0, 0.1) is 17.7 Å². The van der Waals surface area contributed by atoms with Crippen molar-refractivity contribution in [3.05, 3.63) is 35.1 Å². The van der Waals surface area contributed by atoms with Crippen LogP contribution in [0.15, 0.2) is 18.2 Å². The fourth-order valence-corrected chi connectivity index (χ4v) is 1.18. The van der Waals surface area contributed by atoms with Gasteiger partial charge in [0.1, 0.15) is 5.82 Å². The van der Waals surface area contributed by atoms with Crippen LogP contribution in [0.1, 0.15) is 17.5 Å². The highest BCUT2D eigenvalue weighted by Crippen LogP contribution is 2.10. The van der Waals surface area contributed by atoms with E-state index in [0.717, 1.165) is 0 Å². The van der Waals surface area contributed by atoms with E-state index in [9.17, 15) is 9.18 Å². The zero-order valence-corrected chi connectivity index (χ0v) is 8.66. The Labute approximate surface area is 93.1 Å². The first-order valence-corrected chi connectivity index (χ1v) is 4.82. The van der Waals surface area contributed by atoms with Crippen molar-refractivity contribution in [2.45, 2.75) is 12.8 Å². The zero-order valence-electron chi connectivity index (χ0n) is 8.66. The molecular weight excluding hydrogens is 209 g/mol. The molecule has 0 radical (unpaired) electrons. The van der Waals surface area contributed by atoms with Gasteiger partial charge in [0.2, 0.25) is 0 Å². The maximum atomic E-state index is 13.3. The van der Waals surface area contributed by atoms with Crippen molar-refractivity contribution >= 4 is 5.97 Å². The van der Waals surface area contributed by atoms with Crippen LogP contribution in [-0.2, 0) is 11.2 Å². The highest BCUT2D eigenvalue weighted by molar-refractivity contribution is 5.70. The van der Waals surface area contributed by atoms with Gasteiger partial charge < -0.3 is 10.8 Å². The fraction of sp³-hybridized carbons (Fsp3) is 0.250. The van der Waals surface area contributed by atoms with Gasteiger partial charge in [-0.3, -0.25) is 4.79 Å². The van der Waals surface area contributed by atoms with E-state index in [-0.39, 0.29) is 12.0 Å². The molecule has 3 nitrogen and oxygen atoms in total. The lowest BCUT2D eigenvalue weighted by atomic mass is 10.1. The lowest BCUT2D eigenvalue weighted by Crippen LogP contribution is -2.01. The number of benzene rings is 1. The van der Waals surface area contributed by atoms with E-state index in [1.54, 1.807) is 0 Å². The Hall–Kier alpha value is -1.86. The van der Waals surface area contributed by atoms with Crippen molar-refractivity contribution in [1.82, 2.24) is 0 Å². The lowest BCUT2D eigenvalue weighted by molar-refractivity contribution is -0.136. The largest absolute Gasteiger partial charge is 0.481 e. The molecule has 0 aliphatic rings. The number of aliphatic carboxylic acids is 1. The third-order valence-corrected chi connectivity index (χ3v) is 1.88. The van der Waals surface area contributed by atoms with E-state index in [1.165, 1.54) is 18.2 Å². The van der Waals surface area contributed by atoms with Crippen molar-refractivity contribution in [1.29, 1.82) is 0 Å². The number of carboxylic acids is 1.